The van der Waals surface area contributed by atoms with E-state index in [0.29, 0.717) is 6.61 Å². The molecule has 0 atom stereocenters. The topological polar surface area (TPSA) is 94.3 Å². The van der Waals surface area contributed by atoms with Crippen LogP contribution in [0.3, 0.4) is 0 Å². The van der Waals surface area contributed by atoms with Gasteiger partial charge in [-0.3, -0.25) is 4.79 Å². The van der Waals surface area contributed by atoms with Gasteiger partial charge in [0.05, 0.1) is 12.8 Å². The number of carboxylic acid groups (broad SMARTS) is 1. The molecule has 0 aliphatic carbocycles. The Morgan fingerprint density at radius 2 is 2.24 bits per heavy atom. The first-order chi connectivity index (χ1) is 8.15. The fourth-order valence-corrected chi connectivity index (χ4v) is 1.25. The first kappa shape index (κ1) is 13.1. The molecule has 0 radical (unpaired) electrons. The number of hydrogen-bond donors (Lipinski definition) is 1. The molecule has 0 aliphatic rings. The highest BCUT2D eigenvalue weighted by atomic mass is 16.5. The van der Waals surface area contributed by atoms with Crippen LogP contribution >= 0.6 is 0 Å². The van der Waals surface area contributed by atoms with E-state index in [1.807, 2.05) is 0 Å². The second-order valence-corrected chi connectivity index (χ2v) is 3.51. The number of carbonyl (C=O) groups is 2. The van der Waals surface area contributed by atoms with Gasteiger partial charge in [0.15, 0.2) is 5.69 Å². The average molecular weight is 241 g/mol. The van der Waals surface area contributed by atoms with E-state index in [2.05, 4.69) is 17.2 Å². The maximum Gasteiger partial charge on any atom is 0.355 e. The molecule has 7 heteroatoms. The van der Waals surface area contributed by atoms with E-state index >= 15 is 0 Å². The minimum absolute atomic E-state index is 0.129. The Balaban J connectivity index is 2.40. The lowest BCUT2D eigenvalue weighted by atomic mass is 10.3. The van der Waals surface area contributed by atoms with Crippen LogP contribution in [0, 0.1) is 0 Å². The van der Waals surface area contributed by atoms with Crippen LogP contribution in [0.4, 0.5) is 0 Å². The number of carboxylic acids is 1. The van der Waals surface area contributed by atoms with Gasteiger partial charge < -0.3 is 9.84 Å². The smallest absolute Gasteiger partial charge is 0.355 e. The van der Waals surface area contributed by atoms with Gasteiger partial charge in [0.2, 0.25) is 0 Å². The molecule has 0 aliphatic heterocycles. The van der Waals surface area contributed by atoms with Gasteiger partial charge in [0.1, 0.15) is 6.54 Å². The summed E-state index contributed by atoms with van der Waals surface area (Å²) < 4.78 is 5.94. The van der Waals surface area contributed by atoms with Crippen molar-refractivity contribution in [2.24, 2.45) is 0 Å². The van der Waals surface area contributed by atoms with Gasteiger partial charge in [-0.1, -0.05) is 25.0 Å². The zero-order chi connectivity index (χ0) is 12.7. The molecule has 0 spiro atoms. The van der Waals surface area contributed by atoms with E-state index in [1.165, 1.54) is 0 Å². The molecule has 0 bridgehead atoms. The van der Waals surface area contributed by atoms with Crippen molar-refractivity contribution in [1.29, 1.82) is 0 Å². The van der Waals surface area contributed by atoms with Crippen LogP contribution in [0.1, 0.15) is 36.7 Å². The van der Waals surface area contributed by atoms with Crippen molar-refractivity contribution in [2.45, 2.75) is 32.7 Å². The van der Waals surface area contributed by atoms with Gasteiger partial charge >= 0.3 is 11.9 Å². The van der Waals surface area contributed by atoms with Crippen LogP contribution in [0.15, 0.2) is 6.20 Å². The van der Waals surface area contributed by atoms with Crippen LogP contribution in [0.25, 0.3) is 0 Å². The summed E-state index contributed by atoms with van der Waals surface area (Å²) in [7, 11) is 0. The third-order valence-corrected chi connectivity index (χ3v) is 2.13. The number of aromatic carboxylic acids is 1. The molecule has 0 saturated carbocycles. The Labute approximate surface area is 98.4 Å². The lowest BCUT2D eigenvalue weighted by Gasteiger charge is -2.04. The molecule has 0 aromatic carbocycles. The molecule has 94 valence electrons. The average Bonchev–Trinajstić information content (AvgIpc) is 2.72. The van der Waals surface area contributed by atoms with E-state index < -0.39 is 11.9 Å². The van der Waals surface area contributed by atoms with Crippen molar-refractivity contribution in [1.82, 2.24) is 15.0 Å². The Kier molecular flexibility index (Phi) is 5.12. The van der Waals surface area contributed by atoms with Gasteiger partial charge in [0, 0.05) is 0 Å². The first-order valence-corrected chi connectivity index (χ1v) is 5.42. The van der Waals surface area contributed by atoms with Crippen LogP contribution in [0.2, 0.25) is 0 Å². The number of nitrogens with zero attached hydrogens (tertiary/aromatic N) is 3. The zero-order valence-electron chi connectivity index (χ0n) is 9.63. The van der Waals surface area contributed by atoms with Crippen molar-refractivity contribution in [3.63, 3.8) is 0 Å². The normalized spacial score (nSPS) is 10.2. The second kappa shape index (κ2) is 6.62. The molecule has 0 fully saturated rings. The Morgan fingerprint density at radius 1 is 1.47 bits per heavy atom. The van der Waals surface area contributed by atoms with Gasteiger partial charge in [-0.2, -0.15) is 0 Å². The molecule has 1 rings (SSSR count). The van der Waals surface area contributed by atoms with Crippen molar-refractivity contribution >= 4 is 11.9 Å². The van der Waals surface area contributed by atoms with Crippen molar-refractivity contribution < 1.29 is 19.4 Å². The largest absolute Gasteiger partial charge is 0.476 e. The number of hydrogen-bond acceptors (Lipinski definition) is 5. The van der Waals surface area contributed by atoms with Crippen LogP contribution in [-0.4, -0.2) is 38.6 Å². The molecule has 0 saturated heterocycles. The van der Waals surface area contributed by atoms with E-state index in [4.69, 9.17) is 9.84 Å². The molecule has 1 heterocycles. The molecule has 17 heavy (non-hydrogen) atoms. The summed E-state index contributed by atoms with van der Waals surface area (Å²) in [6.07, 6.45) is 3.94. The highest BCUT2D eigenvalue weighted by Gasteiger charge is 2.14. The van der Waals surface area contributed by atoms with E-state index in [1.54, 1.807) is 0 Å². The summed E-state index contributed by atoms with van der Waals surface area (Å²) in [5.41, 5.74) is -0.129. The quantitative estimate of drug-likeness (QED) is 0.558. The highest BCUT2D eigenvalue weighted by molar-refractivity contribution is 5.85. The molecule has 1 N–H and O–H groups in total. The van der Waals surface area contributed by atoms with Gasteiger partial charge in [-0.15, -0.1) is 5.10 Å². The Morgan fingerprint density at radius 3 is 2.88 bits per heavy atom. The van der Waals surface area contributed by atoms with Crippen molar-refractivity contribution in [2.75, 3.05) is 6.61 Å². The fourth-order valence-electron chi connectivity index (χ4n) is 1.25. The summed E-state index contributed by atoms with van der Waals surface area (Å²) in [5, 5.41) is 15.7. The van der Waals surface area contributed by atoms with Crippen LogP contribution in [-0.2, 0) is 16.1 Å². The SMILES string of the molecule is CCCCCOC(=O)Cn1nncc1C(=O)O. The lowest BCUT2D eigenvalue weighted by molar-refractivity contribution is -0.144. The Hall–Kier alpha value is -1.92. The third-order valence-electron chi connectivity index (χ3n) is 2.13. The monoisotopic (exact) mass is 241 g/mol. The van der Waals surface area contributed by atoms with Crippen molar-refractivity contribution in [3.05, 3.63) is 11.9 Å². The first-order valence-electron chi connectivity index (χ1n) is 5.42. The van der Waals surface area contributed by atoms with E-state index in [0.717, 1.165) is 30.1 Å². The van der Waals surface area contributed by atoms with Gasteiger partial charge in [-0.25, -0.2) is 9.48 Å². The van der Waals surface area contributed by atoms with Crippen LogP contribution < -0.4 is 0 Å². The lowest BCUT2D eigenvalue weighted by Crippen LogP contribution is -2.19. The third kappa shape index (κ3) is 4.21. The number of unbranched alkanes of at least 4 members (excludes halogenated alkanes) is 2. The summed E-state index contributed by atoms with van der Waals surface area (Å²) in [5.74, 6) is -1.68. The molecular weight excluding hydrogens is 226 g/mol. The summed E-state index contributed by atoms with van der Waals surface area (Å²) in [6.45, 7) is 2.17. The summed E-state index contributed by atoms with van der Waals surface area (Å²) >= 11 is 0. The number of esters is 1. The molecule has 1 aromatic heterocycles. The summed E-state index contributed by atoms with van der Waals surface area (Å²) in [6, 6.07) is 0. The predicted octanol–water partition coefficient (Wildman–Crippen LogP) is 0.710. The minimum atomic E-state index is -1.17. The predicted molar refractivity (Wildman–Crippen MR) is 57.5 cm³/mol. The van der Waals surface area contributed by atoms with E-state index in [-0.39, 0.29) is 12.2 Å². The van der Waals surface area contributed by atoms with E-state index in [9.17, 15) is 9.59 Å². The number of carbonyl (C=O) groups excluding carboxylic acids is 1. The Bertz CT molecular complexity index is 389. The highest BCUT2D eigenvalue weighted by Crippen LogP contribution is 1.99. The summed E-state index contributed by atoms with van der Waals surface area (Å²) in [4.78, 5) is 22.1. The minimum Gasteiger partial charge on any atom is -0.476 e. The molecule has 0 unspecified atom stereocenters. The second-order valence-electron chi connectivity index (χ2n) is 3.51. The van der Waals surface area contributed by atoms with Crippen molar-refractivity contribution in [3.8, 4) is 0 Å². The maximum atomic E-state index is 11.3. The molecule has 0 amide bonds. The van der Waals surface area contributed by atoms with Gasteiger partial charge in [0.25, 0.3) is 0 Å². The molecule has 7 nitrogen and oxygen atoms in total. The standard InChI is InChI=1S/C10H15N3O4/c1-2-3-4-5-17-9(14)7-13-8(10(15)16)6-11-12-13/h6H,2-5,7H2,1H3,(H,15,16). The number of rotatable bonds is 7. The molecule has 1 aromatic rings. The van der Waals surface area contributed by atoms with Gasteiger partial charge in [-0.05, 0) is 6.42 Å². The number of aromatic nitrogens is 3. The fraction of sp³-hybridized carbons (Fsp3) is 0.600. The maximum absolute atomic E-state index is 11.3. The number of ether oxygens (including phenoxy) is 1. The molecular formula is C10H15N3O4. The van der Waals surface area contributed by atoms with Crippen LogP contribution in [0.5, 0.6) is 0 Å². The zero-order valence-corrected chi connectivity index (χ0v) is 9.63.